The molecule has 0 spiro atoms. The van der Waals surface area contributed by atoms with Crippen molar-refractivity contribution in [2.75, 3.05) is 6.61 Å². The highest BCUT2D eigenvalue weighted by atomic mass is 16.5. The van der Waals surface area contributed by atoms with E-state index in [0.717, 1.165) is 11.3 Å². The molecule has 0 aromatic heterocycles. The van der Waals surface area contributed by atoms with Crippen LogP contribution in [0.3, 0.4) is 0 Å². The van der Waals surface area contributed by atoms with E-state index in [1.54, 1.807) is 0 Å². The molecule has 0 aliphatic rings. The second kappa shape index (κ2) is 8.26. The Labute approximate surface area is 123 Å². The molecule has 1 amide bonds. The van der Waals surface area contributed by atoms with Gasteiger partial charge in [0.05, 0.1) is 12.7 Å². The molecule has 2 unspecified atom stereocenters. The van der Waals surface area contributed by atoms with Gasteiger partial charge in [-0.15, -0.1) is 0 Å². The van der Waals surface area contributed by atoms with Gasteiger partial charge in [0.15, 0.2) is 6.04 Å². The van der Waals surface area contributed by atoms with Gasteiger partial charge in [0.2, 0.25) is 5.91 Å². The monoisotopic (exact) mass is 295 g/mol. The summed E-state index contributed by atoms with van der Waals surface area (Å²) in [6.45, 7) is 3.66. The number of aliphatic hydroxyl groups excluding tert-OH is 1. The van der Waals surface area contributed by atoms with Crippen LogP contribution in [0.5, 0.6) is 5.75 Å². The van der Waals surface area contributed by atoms with Crippen LogP contribution in [0, 0.1) is 6.92 Å². The molecular formula is C15H21NO5. The van der Waals surface area contributed by atoms with Crippen LogP contribution in [-0.4, -0.2) is 40.8 Å². The number of carbonyl (C=O) groups is 2. The van der Waals surface area contributed by atoms with Crippen LogP contribution in [0.4, 0.5) is 0 Å². The maximum atomic E-state index is 11.6. The molecule has 1 rings (SSSR count). The van der Waals surface area contributed by atoms with Gasteiger partial charge in [0, 0.05) is 6.42 Å². The zero-order chi connectivity index (χ0) is 15.8. The number of carboxylic acid groups (broad SMARTS) is 1. The van der Waals surface area contributed by atoms with Gasteiger partial charge >= 0.3 is 5.97 Å². The van der Waals surface area contributed by atoms with Crippen LogP contribution in [-0.2, 0) is 9.59 Å². The largest absolute Gasteiger partial charge is 0.494 e. The van der Waals surface area contributed by atoms with Crippen molar-refractivity contribution < 1.29 is 24.5 Å². The highest BCUT2D eigenvalue weighted by molar-refractivity contribution is 5.83. The third kappa shape index (κ3) is 6.27. The third-order valence-corrected chi connectivity index (χ3v) is 2.90. The van der Waals surface area contributed by atoms with Crippen LogP contribution in [0.1, 0.15) is 25.3 Å². The quantitative estimate of drug-likeness (QED) is 0.624. The molecule has 2 atom stereocenters. The molecule has 0 heterocycles. The van der Waals surface area contributed by atoms with Crippen molar-refractivity contribution in [2.24, 2.45) is 0 Å². The number of hydrogen-bond donors (Lipinski definition) is 3. The van der Waals surface area contributed by atoms with E-state index >= 15 is 0 Å². The molecule has 0 aliphatic carbocycles. The average Bonchev–Trinajstić information content (AvgIpc) is 2.42. The number of aliphatic carboxylic acids is 1. The molecular weight excluding hydrogens is 274 g/mol. The van der Waals surface area contributed by atoms with E-state index in [-0.39, 0.29) is 6.42 Å². The number of hydrogen-bond acceptors (Lipinski definition) is 4. The van der Waals surface area contributed by atoms with E-state index in [2.05, 4.69) is 5.32 Å². The van der Waals surface area contributed by atoms with E-state index in [1.165, 1.54) is 6.92 Å². The van der Waals surface area contributed by atoms with E-state index < -0.39 is 24.0 Å². The predicted octanol–water partition coefficient (Wildman–Crippen LogP) is 1.10. The lowest BCUT2D eigenvalue weighted by Crippen LogP contribution is -2.47. The lowest BCUT2D eigenvalue weighted by molar-refractivity contribution is -0.144. The molecule has 6 nitrogen and oxygen atoms in total. The zero-order valence-electron chi connectivity index (χ0n) is 12.2. The number of nitrogens with one attached hydrogen (secondary N) is 1. The Morgan fingerprint density at radius 2 is 1.90 bits per heavy atom. The Morgan fingerprint density at radius 3 is 2.43 bits per heavy atom. The molecule has 0 fully saturated rings. The van der Waals surface area contributed by atoms with Gasteiger partial charge in [0.25, 0.3) is 0 Å². The first-order valence-electron chi connectivity index (χ1n) is 6.80. The molecule has 0 aliphatic heterocycles. The number of carbonyl (C=O) groups excluding carboxylic acids is 1. The summed E-state index contributed by atoms with van der Waals surface area (Å²) in [7, 11) is 0. The van der Waals surface area contributed by atoms with Gasteiger partial charge in [-0.05, 0) is 32.4 Å². The fourth-order valence-corrected chi connectivity index (χ4v) is 1.69. The molecule has 1 aromatic rings. The first-order chi connectivity index (χ1) is 9.90. The number of carboxylic acids is 1. The molecule has 3 N–H and O–H groups in total. The minimum absolute atomic E-state index is 0.141. The summed E-state index contributed by atoms with van der Waals surface area (Å²) in [5.74, 6) is -0.946. The number of aliphatic hydroxyl groups is 1. The number of amides is 1. The molecule has 0 saturated heterocycles. The van der Waals surface area contributed by atoms with Gasteiger partial charge in [-0.25, -0.2) is 4.79 Å². The standard InChI is InChI=1S/C15H21NO5/c1-10-5-7-12(8-6-10)21-9-3-4-13(18)16-14(11(2)17)15(19)20/h5-8,11,14,17H,3-4,9H2,1-2H3,(H,16,18)(H,19,20). The molecule has 1 aromatic carbocycles. The van der Waals surface area contributed by atoms with Crippen molar-refractivity contribution in [3.63, 3.8) is 0 Å². The Kier molecular flexibility index (Phi) is 6.68. The first-order valence-corrected chi connectivity index (χ1v) is 6.80. The third-order valence-electron chi connectivity index (χ3n) is 2.90. The number of aryl methyl sites for hydroxylation is 1. The summed E-state index contributed by atoms with van der Waals surface area (Å²) >= 11 is 0. The van der Waals surface area contributed by atoms with Crippen molar-refractivity contribution in [2.45, 2.75) is 38.8 Å². The number of ether oxygens (including phenoxy) is 1. The average molecular weight is 295 g/mol. The summed E-state index contributed by atoms with van der Waals surface area (Å²) in [4.78, 5) is 22.4. The fraction of sp³-hybridized carbons (Fsp3) is 0.467. The second-order valence-corrected chi connectivity index (χ2v) is 4.89. The van der Waals surface area contributed by atoms with Crippen molar-refractivity contribution in [3.05, 3.63) is 29.8 Å². The number of rotatable bonds is 8. The minimum Gasteiger partial charge on any atom is -0.494 e. The maximum Gasteiger partial charge on any atom is 0.328 e. The highest BCUT2D eigenvalue weighted by Crippen LogP contribution is 2.11. The molecule has 0 bridgehead atoms. The number of benzene rings is 1. The molecule has 6 heteroatoms. The lowest BCUT2D eigenvalue weighted by atomic mass is 10.1. The summed E-state index contributed by atoms with van der Waals surface area (Å²) in [6.07, 6.45) is -0.538. The van der Waals surface area contributed by atoms with Gasteiger partial charge < -0.3 is 20.3 Å². The Hall–Kier alpha value is -2.08. The normalized spacial score (nSPS) is 13.3. The summed E-state index contributed by atoms with van der Waals surface area (Å²) in [5, 5.41) is 20.4. The van der Waals surface area contributed by atoms with E-state index in [9.17, 15) is 14.7 Å². The summed E-state index contributed by atoms with van der Waals surface area (Å²) in [6, 6.07) is 6.28. The highest BCUT2D eigenvalue weighted by Gasteiger charge is 2.24. The van der Waals surface area contributed by atoms with Gasteiger partial charge in [-0.3, -0.25) is 4.79 Å². The summed E-state index contributed by atoms with van der Waals surface area (Å²) in [5.41, 5.74) is 1.14. The second-order valence-electron chi connectivity index (χ2n) is 4.89. The van der Waals surface area contributed by atoms with Crippen LogP contribution < -0.4 is 10.1 Å². The Balaban J connectivity index is 2.27. The van der Waals surface area contributed by atoms with Crippen LogP contribution in [0.15, 0.2) is 24.3 Å². The fourth-order valence-electron chi connectivity index (χ4n) is 1.69. The van der Waals surface area contributed by atoms with Crippen molar-refractivity contribution in [1.29, 1.82) is 0 Å². The first kappa shape index (κ1) is 17.0. The van der Waals surface area contributed by atoms with Gasteiger partial charge in [0.1, 0.15) is 5.75 Å². The van der Waals surface area contributed by atoms with Gasteiger partial charge in [-0.1, -0.05) is 17.7 Å². The molecule has 116 valence electrons. The molecule has 21 heavy (non-hydrogen) atoms. The smallest absolute Gasteiger partial charge is 0.328 e. The zero-order valence-corrected chi connectivity index (χ0v) is 12.2. The summed E-state index contributed by atoms with van der Waals surface area (Å²) < 4.78 is 5.47. The van der Waals surface area contributed by atoms with E-state index in [4.69, 9.17) is 9.84 Å². The molecule has 0 radical (unpaired) electrons. The van der Waals surface area contributed by atoms with Crippen LogP contribution in [0.25, 0.3) is 0 Å². The van der Waals surface area contributed by atoms with E-state index in [0.29, 0.717) is 13.0 Å². The van der Waals surface area contributed by atoms with Crippen LogP contribution in [0.2, 0.25) is 0 Å². The maximum absolute atomic E-state index is 11.6. The van der Waals surface area contributed by atoms with Crippen molar-refractivity contribution >= 4 is 11.9 Å². The molecule has 0 saturated carbocycles. The van der Waals surface area contributed by atoms with Crippen molar-refractivity contribution in [1.82, 2.24) is 5.32 Å². The van der Waals surface area contributed by atoms with Crippen molar-refractivity contribution in [3.8, 4) is 5.75 Å². The lowest BCUT2D eigenvalue weighted by Gasteiger charge is -2.16. The minimum atomic E-state index is -1.28. The Bertz CT molecular complexity index is 469. The predicted molar refractivity (Wildman–Crippen MR) is 77.2 cm³/mol. The van der Waals surface area contributed by atoms with Crippen LogP contribution >= 0.6 is 0 Å². The van der Waals surface area contributed by atoms with E-state index in [1.807, 2.05) is 31.2 Å². The van der Waals surface area contributed by atoms with Gasteiger partial charge in [-0.2, -0.15) is 0 Å². The SMILES string of the molecule is Cc1ccc(OCCCC(=O)NC(C(=O)O)C(C)O)cc1. The Morgan fingerprint density at radius 1 is 1.29 bits per heavy atom. The topological polar surface area (TPSA) is 95.9 Å².